The van der Waals surface area contributed by atoms with E-state index in [0.29, 0.717) is 5.02 Å². The van der Waals surface area contributed by atoms with Crippen LogP contribution in [0.3, 0.4) is 0 Å². The molecule has 1 atom stereocenters. The lowest BCUT2D eigenvalue weighted by atomic mass is 10.2. The third kappa shape index (κ3) is 6.13. The van der Waals surface area contributed by atoms with Gasteiger partial charge in [-0.05, 0) is 37.3 Å². The Hall–Kier alpha value is -2.29. The molecule has 2 N–H and O–H groups in total. The first-order valence-electron chi connectivity index (χ1n) is 7.60. The second kappa shape index (κ2) is 8.60. The van der Waals surface area contributed by atoms with Crippen LogP contribution in [0.25, 0.3) is 0 Å². The molecule has 1 amide bonds. The molecule has 0 spiro atoms. The Kier molecular flexibility index (Phi) is 6.69. The molecular formula is C17H16Cl2N2O5S. The molecule has 2 rings (SSSR count). The van der Waals surface area contributed by atoms with Crippen molar-refractivity contribution >= 4 is 56.5 Å². The Morgan fingerprint density at radius 3 is 2.41 bits per heavy atom. The topological polar surface area (TPSA) is 102 Å². The lowest BCUT2D eigenvalue weighted by Crippen LogP contribution is -2.30. The fraction of sp³-hybridized carbons (Fsp3) is 0.176. The minimum absolute atomic E-state index is 0.0247. The molecule has 7 nitrogen and oxygen atoms in total. The van der Waals surface area contributed by atoms with Crippen molar-refractivity contribution in [2.24, 2.45) is 0 Å². The van der Waals surface area contributed by atoms with Crippen LogP contribution < -0.4 is 10.0 Å². The standard InChI is InChI=1S/C17H16Cl2N2O5S/c1-10(16(22)20-15-9-11(18)7-8-13(15)19)26-17(23)12-5-3-4-6-14(12)21-27(2,24)25/h3-10,21H,1-2H3,(H,20,22)/t10-/m1/s1. The van der Waals surface area contributed by atoms with Crippen LogP contribution in [0.4, 0.5) is 11.4 Å². The number of carbonyl (C=O) groups excluding carboxylic acids is 2. The van der Waals surface area contributed by atoms with Crippen LogP contribution >= 0.6 is 23.2 Å². The Morgan fingerprint density at radius 2 is 1.74 bits per heavy atom. The number of carbonyl (C=O) groups is 2. The zero-order valence-corrected chi connectivity index (χ0v) is 16.7. The van der Waals surface area contributed by atoms with Crippen molar-refractivity contribution in [3.8, 4) is 0 Å². The van der Waals surface area contributed by atoms with E-state index in [2.05, 4.69) is 10.0 Å². The minimum Gasteiger partial charge on any atom is -0.449 e. The summed E-state index contributed by atoms with van der Waals surface area (Å²) < 4.78 is 30.2. The van der Waals surface area contributed by atoms with Crippen LogP contribution in [-0.4, -0.2) is 32.7 Å². The van der Waals surface area contributed by atoms with Crippen molar-refractivity contribution in [1.82, 2.24) is 0 Å². The maximum absolute atomic E-state index is 12.4. The SMILES string of the molecule is C[C@@H](OC(=O)c1ccccc1NS(C)(=O)=O)C(=O)Nc1cc(Cl)ccc1Cl. The van der Waals surface area contributed by atoms with Gasteiger partial charge in [0.1, 0.15) is 0 Å². The summed E-state index contributed by atoms with van der Waals surface area (Å²) in [6, 6.07) is 10.4. The lowest BCUT2D eigenvalue weighted by Gasteiger charge is -2.16. The monoisotopic (exact) mass is 430 g/mol. The van der Waals surface area contributed by atoms with Gasteiger partial charge in [-0.25, -0.2) is 13.2 Å². The third-order valence-corrected chi connectivity index (χ3v) is 4.44. The number of rotatable bonds is 6. The summed E-state index contributed by atoms with van der Waals surface area (Å²) in [5, 5.41) is 3.16. The highest BCUT2D eigenvalue weighted by molar-refractivity contribution is 7.92. The predicted octanol–water partition coefficient (Wildman–Crippen LogP) is 3.55. The number of hydrogen-bond acceptors (Lipinski definition) is 5. The van der Waals surface area contributed by atoms with Gasteiger partial charge in [-0.2, -0.15) is 0 Å². The lowest BCUT2D eigenvalue weighted by molar-refractivity contribution is -0.123. The van der Waals surface area contributed by atoms with E-state index in [-0.39, 0.29) is 22.0 Å². The summed E-state index contributed by atoms with van der Waals surface area (Å²) in [5.41, 5.74) is 0.301. The number of sulfonamides is 1. The summed E-state index contributed by atoms with van der Waals surface area (Å²) in [5.74, 6) is -1.48. The van der Waals surface area contributed by atoms with E-state index < -0.39 is 28.0 Å². The first-order chi connectivity index (χ1) is 12.6. The van der Waals surface area contributed by atoms with E-state index in [9.17, 15) is 18.0 Å². The second-order valence-corrected chi connectivity index (χ2v) is 8.17. The number of esters is 1. The van der Waals surface area contributed by atoms with Gasteiger partial charge in [0, 0.05) is 5.02 Å². The van der Waals surface area contributed by atoms with E-state index >= 15 is 0 Å². The maximum Gasteiger partial charge on any atom is 0.341 e. The normalized spacial score (nSPS) is 12.1. The molecule has 27 heavy (non-hydrogen) atoms. The van der Waals surface area contributed by atoms with Crippen molar-refractivity contribution in [1.29, 1.82) is 0 Å². The fourth-order valence-corrected chi connectivity index (χ4v) is 2.97. The molecule has 0 aliphatic heterocycles. The van der Waals surface area contributed by atoms with Crippen LogP contribution in [0.5, 0.6) is 0 Å². The molecule has 0 aromatic heterocycles. The molecule has 2 aromatic rings. The quantitative estimate of drug-likeness (QED) is 0.682. The van der Waals surface area contributed by atoms with Crippen LogP contribution in [0.2, 0.25) is 10.0 Å². The summed E-state index contributed by atoms with van der Waals surface area (Å²) >= 11 is 11.8. The Morgan fingerprint density at radius 1 is 1.07 bits per heavy atom. The van der Waals surface area contributed by atoms with Gasteiger partial charge in [-0.1, -0.05) is 35.3 Å². The number of halogens is 2. The first-order valence-corrected chi connectivity index (χ1v) is 10.3. The first kappa shape index (κ1) is 21.0. The van der Waals surface area contributed by atoms with Crippen LogP contribution in [0.15, 0.2) is 42.5 Å². The number of nitrogens with one attached hydrogen (secondary N) is 2. The summed E-state index contributed by atoms with van der Waals surface area (Å²) in [6.45, 7) is 1.37. The van der Waals surface area contributed by atoms with E-state index in [0.717, 1.165) is 6.26 Å². The predicted molar refractivity (Wildman–Crippen MR) is 105 cm³/mol. The molecule has 0 unspecified atom stereocenters. The largest absolute Gasteiger partial charge is 0.449 e. The molecule has 10 heteroatoms. The average Bonchev–Trinajstić information content (AvgIpc) is 2.57. The molecule has 0 radical (unpaired) electrons. The van der Waals surface area contributed by atoms with Gasteiger partial charge in [-0.15, -0.1) is 0 Å². The van der Waals surface area contributed by atoms with Crippen LogP contribution in [-0.2, 0) is 19.6 Å². The fourth-order valence-electron chi connectivity index (χ4n) is 2.06. The van der Waals surface area contributed by atoms with Gasteiger partial charge in [0.2, 0.25) is 10.0 Å². The number of benzene rings is 2. The zero-order valence-electron chi connectivity index (χ0n) is 14.3. The summed E-state index contributed by atoms with van der Waals surface area (Å²) in [4.78, 5) is 24.6. The van der Waals surface area contributed by atoms with Crippen LogP contribution in [0, 0.1) is 0 Å². The van der Waals surface area contributed by atoms with Gasteiger partial charge < -0.3 is 10.1 Å². The van der Waals surface area contributed by atoms with E-state index in [4.69, 9.17) is 27.9 Å². The smallest absolute Gasteiger partial charge is 0.341 e. The number of hydrogen-bond donors (Lipinski definition) is 2. The number of para-hydroxylation sites is 1. The molecule has 0 saturated carbocycles. The number of anilines is 2. The van der Waals surface area contributed by atoms with Crippen molar-refractivity contribution in [3.63, 3.8) is 0 Å². The highest BCUT2D eigenvalue weighted by Gasteiger charge is 2.22. The van der Waals surface area contributed by atoms with Gasteiger partial charge in [-0.3, -0.25) is 9.52 Å². The van der Waals surface area contributed by atoms with Gasteiger partial charge in [0.15, 0.2) is 6.10 Å². The second-order valence-electron chi connectivity index (χ2n) is 5.58. The maximum atomic E-state index is 12.4. The Balaban J connectivity index is 2.11. The molecule has 0 aliphatic rings. The van der Waals surface area contributed by atoms with Crippen molar-refractivity contribution in [2.45, 2.75) is 13.0 Å². The molecule has 2 aromatic carbocycles. The average molecular weight is 431 g/mol. The Labute approximate surface area is 166 Å². The third-order valence-electron chi connectivity index (χ3n) is 3.28. The highest BCUT2D eigenvalue weighted by atomic mass is 35.5. The zero-order chi connectivity index (χ0) is 20.2. The highest BCUT2D eigenvalue weighted by Crippen LogP contribution is 2.26. The summed E-state index contributed by atoms with van der Waals surface area (Å²) in [6.07, 6.45) is -0.209. The molecule has 144 valence electrons. The van der Waals surface area contributed by atoms with Crippen molar-refractivity contribution in [3.05, 3.63) is 58.1 Å². The molecule has 0 saturated heterocycles. The van der Waals surface area contributed by atoms with E-state index in [1.807, 2.05) is 0 Å². The molecular weight excluding hydrogens is 415 g/mol. The minimum atomic E-state index is -3.59. The van der Waals surface area contributed by atoms with E-state index in [1.165, 1.54) is 31.2 Å². The molecule has 0 fully saturated rings. The summed E-state index contributed by atoms with van der Waals surface area (Å²) in [7, 11) is -3.59. The van der Waals surface area contributed by atoms with Gasteiger partial charge in [0.05, 0.1) is 28.2 Å². The van der Waals surface area contributed by atoms with Gasteiger partial charge >= 0.3 is 5.97 Å². The van der Waals surface area contributed by atoms with Crippen LogP contribution in [0.1, 0.15) is 17.3 Å². The van der Waals surface area contributed by atoms with Crippen molar-refractivity contribution in [2.75, 3.05) is 16.3 Å². The molecule has 0 heterocycles. The molecule has 0 aliphatic carbocycles. The molecule has 0 bridgehead atoms. The number of ether oxygens (including phenoxy) is 1. The van der Waals surface area contributed by atoms with Gasteiger partial charge in [0.25, 0.3) is 5.91 Å². The van der Waals surface area contributed by atoms with E-state index in [1.54, 1.807) is 18.2 Å². The Bertz CT molecular complexity index is 979. The number of amides is 1. The van der Waals surface area contributed by atoms with Crippen molar-refractivity contribution < 1.29 is 22.7 Å².